The second-order valence-electron chi connectivity index (χ2n) is 0.408. The number of hydrogen-bond donors (Lipinski definition) is 0. The van der Waals surface area contributed by atoms with Crippen LogP contribution >= 0.6 is 0 Å². The summed E-state index contributed by atoms with van der Waals surface area (Å²) in [5, 5.41) is 0. The Bertz CT molecular complexity index is 21.5. The fraction of sp³-hybridized carbons (Fsp3) is 0. The Morgan fingerprint density at radius 1 is 1.83 bits per heavy atom. The van der Waals surface area contributed by atoms with Gasteiger partial charge in [-0.3, -0.25) is 0 Å². The molecule has 28 valence electrons. The van der Waals surface area contributed by atoms with E-state index in [1.165, 1.54) is 25.2 Å². The van der Waals surface area contributed by atoms with Crippen molar-refractivity contribution < 1.29 is 84.1 Å². The van der Waals surface area contributed by atoms with E-state index < -0.39 is 0 Å². The molecule has 0 unspecified atom stereocenters. The normalized spacial score (nSPS) is 7.00. The van der Waals surface area contributed by atoms with Gasteiger partial charge in [0.25, 0.3) is 0 Å². The molecule has 0 aliphatic carbocycles. The molecule has 6 heavy (non-hydrogen) atoms. The first kappa shape index (κ1) is 9.11. The predicted octanol–water partition coefficient (Wildman–Crippen LogP) is -0.147. The van der Waals surface area contributed by atoms with Crippen molar-refractivity contribution in [2.24, 2.45) is 0 Å². The van der Waals surface area contributed by atoms with Gasteiger partial charge in [0, 0.05) is 0 Å². The molecule has 0 saturated carbocycles. The Labute approximate surface area is 82.2 Å². The molecule has 0 radical (unpaired) electrons. The van der Waals surface area contributed by atoms with E-state index in [4.69, 9.17) is 2.79 Å². The summed E-state index contributed by atoms with van der Waals surface area (Å²) in [7, 11) is 0. The first-order valence-electron chi connectivity index (χ1n) is 1.07. The van der Waals surface area contributed by atoms with E-state index in [-0.39, 0.29) is 35.3 Å². The summed E-state index contributed by atoms with van der Waals surface area (Å²) in [5.41, 5.74) is 0. The van der Waals surface area contributed by atoms with Crippen LogP contribution in [0.15, 0.2) is 0 Å². The van der Waals surface area contributed by atoms with E-state index in [0.717, 1.165) is 0 Å². The van der Waals surface area contributed by atoms with Crippen molar-refractivity contribution in [2.45, 2.75) is 0 Å². The molecule has 0 aromatic heterocycles. The van der Waals surface area contributed by atoms with Crippen LogP contribution in [-0.2, 0) is 84.1 Å². The Kier molecular flexibility index (Phi) is 12.3. The molecule has 0 atom stereocenters. The Balaban J connectivity index is 2.34. The van der Waals surface area contributed by atoms with Crippen molar-refractivity contribution in [2.75, 3.05) is 0 Å². The molecule has 0 fully saturated rings. The van der Waals surface area contributed by atoms with Gasteiger partial charge in [0.2, 0.25) is 0 Å². The third-order valence-corrected chi connectivity index (χ3v) is 13.5. The molecule has 0 heterocycles. The van der Waals surface area contributed by atoms with Crippen LogP contribution < -0.4 is 0 Å². The molecule has 2 nitrogen and oxygen atoms in total. The van der Waals surface area contributed by atoms with Crippen LogP contribution in [0.4, 0.5) is 0 Å². The fourth-order valence-corrected chi connectivity index (χ4v) is 5.10. The maximum atomic E-state index is 4.97. The van der Waals surface area contributed by atoms with Crippen molar-refractivity contribution >= 4 is 0 Å². The zero-order valence-electron chi connectivity index (χ0n) is 2.82. The molecule has 0 spiro atoms. The second kappa shape index (κ2) is 8.11. The summed E-state index contributed by atoms with van der Waals surface area (Å²) < 4.78 is 9.84. The molecular formula is O2Ti2Zr2. The molecule has 0 aromatic rings. The third-order valence-electron chi connectivity index (χ3n) is 0.144. The molecule has 0 rings (SSSR count). The van der Waals surface area contributed by atoms with E-state index in [1.807, 2.05) is 0 Å². The van der Waals surface area contributed by atoms with E-state index in [2.05, 4.69) is 0 Å². The maximum absolute atomic E-state index is 4.97. The second-order valence-corrected chi connectivity index (χ2v) is 10.3. The van der Waals surface area contributed by atoms with Gasteiger partial charge in [0.05, 0.1) is 0 Å². The van der Waals surface area contributed by atoms with Crippen LogP contribution in [-0.4, -0.2) is 0 Å². The minimum absolute atomic E-state index is 0.00889. The average molecular weight is 310 g/mol. The minimum atomic E-state index is -0.358. The molecule has 0 bridgehead atoms. The first-order chi connectivity index (χ1) is 2.91. The van der Waals surface area contributed by atoms with E-state index in [9.17, 15) is 0 Å². The summed E-state index contributed by atoms with van der Waals surface area (Å²) in [5.74, 6) is 0. The predicted molar refractivity (Wildman–Crippen MR) is 2.17 cm³/mol. The fourth-order valence-electron chi connectivity index (χ4n) is 0.0417. The van der Waals surface area contributed by atoms with Crippen LogP contribution in [0.1, 0.15) is 0 Å². The first-order valence-corrected chi connectivity index (χ1v) is 10.2. The molecule has 6 heteroatoms. The Hall–Kier alpha value is 3.11. The molecular weight excluding hydrogens is 310 g/mol. The monoisotopic (exact) mass is 308 g/mol. The van der Waals surface area contributed by atoms with Crippen LogP contribution in [0.2, 0.25) is 0 Å². The molecule has 0 aliphatic rings. The standard InChI is InChI=1S/2O.2Ti.2Zr. The van der Waals surface area contributed by atoms with Gasteiger partial charge in [-0.1, -0.05) is 0 Å². The van der Waals surface area contributed by atoms with Gasteiger partial charge in [0.15, 0.2) is 0 Å². The SMILES string of the molecule is [Ti][O][Ti][Zr][O][Zr]. The number of rotatable bonds is 3. The summed E-state index contributed by atoms with van der Waals surface area (Å²) >= 11 is 2.62. The van der Waals surface area contributed by atoms with E-state index in [1.54, 1.807) is 20.8 Å². The van der Waals surface area contributed by atoms with Crippen molar-refractivity contribution in [3.63, 3.8) is 0 Å². The van der Waals surface area contributed by atoms with Crippen molar-refractivity contribution in [1.29, 1.82) is 0 Å². The zero-order valence-corrected chi connectivity index (χ0v) is 10.9. The van der Waals surface area contributed by atoms with Crippen LogP contribution in [0.5, 0.6) is 0 Å². The van der Waals surface area contributed by atoms with Gasteiger partial charge in [-0.25, -0.2) is 0 Å². The topological polar surface area (TPSA) is 18.5 Å². The van der Waals surface area contributed by atoms with E-state index >= 15 is 0 Å². The van der Waals surface area contributed by atoms with Gasteiger partial charge in [-0.2, -0.15) is 0 Å². The summed E-state index contributed by atoms with van der Waals surface area (Å²) in [4.78, 5) is 0. The summed E-state index contributed by atoms with van der Waals surface area (Å²) in [6, 6.07) is 0. The van der Waals surface area contributed by atoms with E-state index in [0.29, 0.717) is 0 Å². The molecule has 0 amide bonds. The Morgan fingerprint density at radius 3 is 2.67 bits per heavy atom. The summed E-state index contributed by atoms with van der Waals surface area (Å²) in [6.45, 7) is 0. The average Bonchev–Trinajstić information content (AvgIpc) is 1.61. The van der Waals surface area contributed by atoms with Crippen LogP contribution in [0.3, 0.4) is 0 Å². The van der Waals surface area contributed by atoms with Gasteiger partial charge in [-0.15, -0.1) is 0 Å². The van der Waals surface area contributed by atoms with Gasteiger partial charge >= 0.3 is 84.1 Å². The molecule has 0 N–H and O–H groups in total. The molecule has 0 saturated heterocycles. The Morgan fingerprint density at radius 2 is 2.50 bits per heavy atom. The van der Waals surface area contributed by atoms with Crippen molar-refractivity contribution in [3.05, 3.63) is 0 Å². The van der Waals surface area contributed by atoms with Crippen molar-refractivity contribution in [3.8, 4) is 0 Å². The van der Waals surface area contributed by atoms with Crippen molar-refractivity contribution in [1.82, 2.24) is 0 Å². The van der Waals surface area contributed by atoms with Gasteiger partial charge in [0.1, 0.15) is 0 Å². The van der Waals surface area contributed by atoms with Crippen LogP contribution in [0, 0.1) is 0 Å². The molecule has 0 aliphatic heterocycles. The van der Waals surface area contributed by atoms with Crippen LogP contribution in [0.25, 0.3) is 0 Å². The van der Waals surface area contributed by atoms with Gasteiger partial charge < -0.3 is 0 Å². The van der Waals surface area contributed by atoms with Gasteiger partial charge in [-0.05, 0) is 0 Å². The third kappa shape index (κ3) is 7.11. The summed E-state index contributed by atoms with van der Waals surface area (Å²) in [6.07, 6.45) is 0. The zero-order chi connectivity index (χ0) is 4.83. The quantitative estimate of drug-likeness (QED) is 0.533. The molecule has 0 aromatic carbocycles. The number of hydrogen-bond acceptors (Lipinski definition) is 2.